The highest BCUT2D eigenvalue weighted by molar-refractivity contribution is 4.81. The molecule has 0 aromatic rings. The third-order valence-electron chi connectivity index (χ3n) is 6.76. The Bertz CT molecular complexity index is 316. The molecule has 0 aromatic carbocycles. The number of allylic oxidation sites excluding steroid dienone is 2. The Balaban J connectivity index is 3.16. The van der Waals surface area contributed by atoms with Crippen molar-refractivity contribution in [1.82, 2.24) is 0 Å². The van der Waals surface area contributed by atoms with E-state index in [0.717, 1.165) is 5.92 Å². The summed E-state index contributed by atoms with van der Waals surface area (Å²) in [6.45, 7) is 7.06. The lowest BCUT2D eigenvalue weighted by Crippen LogP contribution is -1.95. The predicted molar refractivity (Wildman–Crippen MR) is 140 cm³/mol. The number of hydrogen-bond donors (Lipinski definition) is 0. The van der Waals surface area contributed by atoms with E-state index in [1.54, 1.807) is 0 Å². The minimum atomic E-state index is 0.945. The largest absolute Gasteiger partial charge is 0.0885 e. The Morgan fingerprint density at radius 1 is 0.400 bits per heavy atom. The van der Waals surface area contributed by atoms with Crippen LogP contribution in [0.25, 0.3) is 0 Å². The van der Waals surface area contributed by atoms with Crippen LogP contribution in [0.4, 0.5) is 0 Å². The van der Waals surface area contributed by atoms with E-state index in [-0.39, 0.29) is 0 Å². The van der Waals surface area contributed by atoms with Crippen LogP contribution in [-0.2, 0) is 0 Å². The first kappa shape index (κ1) is 29.7. The summed E-state index contributed by atoms with van der Waals surface area (Å²) in [6, 6.07) is 0. The summed E-state index contributed by atoms with van der Waals surface area (Å²) < 4.78 is 0. The Labute approximate surface area is 193 Å². The molecule has 0 aliphatic carbocycles. The Morgan fingerprint density at radius 3 is 1.13 bits per heavy atom. The maximum atomic E-state index is 2.48. The molecule has 0 heterocycles. The van der Waals surface area contributed by atoms with Gasteiger partial charge in [-0.25, -0.2) is 0 Å². The zero-order valence-electron chi connectivity index (χ0n) is 21.7. The average molecular weight is 421 g/mol. The second-order valence-corrected chi connectivity index (χ2v) is 10.1. The molecule has 0 amide bonds. The quantitative estimate of drug-likeness (QED) is 0.102. The Kier molecular flexibility index (Phi) is 26.5. The lowest BCUT2D eigenvalue weighted by molar-refractivity contribution is 0.437. The van der Waals surface area contributed by atoms with Gasteiger partial charge < -0.3 is 0 Å². The molecule has 0 nitrogen and oxygen atoms in total. The van der Waals surface area contributed by atoms with Crippen LogP contribution in [0.5, 0.6) is 0 Å². The third-order valence-corrected chi connectivity index (χ3v) is 6.76. The second-order valence-electron chi connectivity index (χ2n) is 10.1. The molecule has 0 N–H and O–H groups in total. The van der Waals surface area contributed by atoms with E-state index < -0.39 is 0 Å². The van der Waals surface area contributed by atoms with Gasteiger partial charge in [0, 0.05) is 0 Å². The van der Waals surface area contributed by atoms with Gasteiger partial charge in [-0.15, -0.1) is 0 Å². The van der Waals surface area contributed by atoms with E-state index in [9.17, 15) is 0 Å². The van der Waals surface area contributed by atoms with Crippen LogP contribution < -0.4 is 0 Å². The van der Waals surface area contributed by atoms with Crippen molar-refractivity contribution >= 4 is 0 Å². The third kappa shape index (κ3) is 25.8. The molecule has 0 fully saturated rings. The minimum Gasteiger partial charge on any atom is -0.0885 e. The summed E-state index contributed by atoms with van der Waals surface area (Å²) in [5, 5.41) is 0. The summed E-state index contributed by atoms with van der Waals surface area (Å²) in [7, 11) is 0. The first-order chi connectivity index (χ1) is 14.8. The van der Waals surface area contributed by atoms with E-state index in [2.05, 4.69) is 32.9 Å². The van der Waals surface area contributed by atoms with Crippen molar-refractivity contribution in [3.8, 4) is 0 Å². The molecule has 0 aromatic heterocycles. The zero-order valence-corrected chi connectivity index (χ0v) is 21.7. The molecule has 0 spiro atoms. The Hall–Kier alpha value is -0.260. The fraction of sp³-hybridized carbons (Fsp3) is 0.933. The molecule has 0 aliphatic heterocycles. The van der Waals surface area contributed by atoms with Crippen LogP contribution in [0.1, 0.15) is 175 Å². The van der Waals surface area contributed by atoms with Gasteiger partial charge >= 0.3 is 0 Å². The molecule has 0 saturated heterocycles. The molecule has 0 bridgehead atoms. The maximum absolute atomic E-state index is 2.48. The molecule has 0 saturated carbocycles. The van der Waals surface area contributed by atoms with Gasteiger partial charge in [-0.1, -0.05) is 161 Å². The highest BCUT2D eigenvalue weighted by Gasteiger charge is 2.02. The van der Waals surface area contributed by atoms with Crippen molar-refractivity contribution in [3.63, 3.8) is 0 Å². The van der Waals surface area contributed by atoms with Crippen LogP contribution in [0.3, 0.4) is 0 Å². The number of hydrogen-bond acceptors (Lipinski definition) is 0. The smallest absolute Gasteiger partial charge is 0.0351 e. The van der Waals surface area contributed by atoms with Gasteiger partial charge in [0.15, 0.2) is 0 Å². The molecule has 30 heavy (non-hydrogen) atoms. The summed E-state index contributed by atoms with van der Waals surface area (Å²) >= 11 is 0. The van der Waals surface area contributed by atoms with Gasteiger partial charge in [0.1, 0.15) is 0 Å². The highest BCUT2D eigenvalue weighted by atomic mass is 14.1. The maximum Gasteiger partial charge on any atom is -0.0351 e. The number of rotatable bonds is 25. The molecule has 0 rings (SSSR count). The molecule has 1 unspecified atom stereocenters. The van der Waals surface area contributed by atoms with Crippen molar-refractivity contribution in [2.24, 2.45) is 5.92 Å². The topological polar surface area (TPSA) is 0 Å². The van der Waals surface area contributed by atoms with Crippen molar-refractivity contribution < 1.29 is 0 Å². The monoisotopic (exact) mass is 420 g/mol. The van der Waals surface area contributed by atoms with Gasteiger partial charge in [0.25, 0.3) is 0 Å². The molecular weight excluding hydrogens is 360 g/mol. The average Bonchev–Trinajstić information content (AvgIpc) is 2.75. The van der Waals surface area contributed by atoms with Crippen LogP contribution in [-0.4, -0.2) is 0 Å². The molecule has 0 radical (unpaired) electrons. The van der Waals surface area contributed by atoms with E-state index in [1.807, 2.05) is 0 Å². The lowest BCUT2D eigenvalue weighted by Gasteiger charge is -2.10. The molecule has 180 valence electrons. The van der Waals surface area contributed by atoms with E-state index in [4.69, 9.17) is 0 Å². The summed E-state index contributed by atoms with van der Waals surface area (Å²) in [5.74, 6) is 0.945. The molecule has 1 atom stereocenters. The SMILES string of the molecule is CCCCC/C=C/CCCCC(C)CCCCCCCCCCCCCCCCC. The van der Waals surface area contributed by atoms with E-state index in [1.165, 1.54) is 154 Å². The lowest BCUT2D eigenvalue weighted by atomic mass is 9.96. The molecule has 0 heteroatoms. The van der Waals surface area contributed by atoms with Gasteiger partial charge in [-0.2, -0.15) is 0 Å². The second kappa shape index (κ2) is 26.8. The zero-order chi connectivity index (χ0) is 22.0. The number of unbranched alkanes of at least 4 members (excludes halogenated alkanes) is 19. The first-order valence-electron chi connectivity index (χ1n) is 14.5. The van der Waals surface area contributed by atoms with Gasteiger partial charge in [0.05, 0.1) is 0 Å². The first-order valence-corrected chi connectivity index (χ1v) is 14.5. The summed E-state index contributed by atoms with van der Waals surface area (Å²) in [4.78, 5) is 0. The van der Waals surface area contributed by atoms with Crippen molar-refractivity contribution in [3.05, 3.63) is 12.2 Å². The fourth-order valence-corrected chi connectivity index (χ4v) is 4.51. The Morgan fingerprint density at radius 2 is 0.700 bits per heavy atom. The van der Waals surface area contributed by atoms with Crippen LogP contribution in [0, 0.1) is 5.92 Å². The standard InChI is InChI=1S/C30H60/c1-4-6-8-10-12-14-15-16-17-18-19-21-23-25-27-29-30(3)28-26-24-22-20-13-11-9-7-5-2/h13,20,30H,4-12,14-19,21-29H2,1-3H3/b20-13+. The molecular formula is C30H60. The van der Waals surface area contributed by atoms with Crippen molar-refractivity contribution in [1.29, 1.82) is 0 Å². The fourth-order valence-electron chi connectivity index (χ4n) is 4.51. The predicted octanol–water partition coefficient (Wildman–Crippen LogP) is 11.6. The summed E-state index contributed by atoms with van der Waals surface area (Å²) in [6.07, 6.45) is 39.3. The van der Waals surface area contributed by atoms with Crippen molar-refractivity contribution in [2.45, 2.75) is 175 Å². The highest BCUT2D eigenvalue weighted by Crippen LogP contribution is 2.18. The normalized spacial score (nSPS) is 12.8. The summed E-state index contributed by atoms with van der Waals surface area (Å²) in [5.41, 5.74) is 0. The van der Waals surface area contributed by atoms with Crippen molar-refractivity contribution in [2.75, 3.05) is 0 Å². The van der Waals surface area contributed by atoms with E-state index >= 15 is 0 Å². The van der Waals surface area contributed by atoms with Gasteiger partial charge in [0.2, 0.25) is 0 Å². The van der Waals surface area contributed by atoms with Crippen LogP contribution in [0.15, 0.2) is 12.2 Å². The van der Waals surface area contributed by atoms with E-state index in [0.29, 0.717) is 0 Å². The van der Waals surface area contributed by atoms with Gasteiger partial charge in [-0.05, 0) is 31.6 Å². The van der Waals surface area contributed by atoms with Crippen LogP contribution in [0.2, 0.25) is 0 Å². The minimum absolute atomic E-state index is 0.945. The molecule has 0 aliphatic rings. The van der Waals surface area contributed by atoms with Crippen LogP contribution >= 0.6 is 0 Å². The van der Waals surface area contributed by atoms with Gasteiger partial charge in [-0.3, -0.25) is 0 Å².